The van der Waals surface area contributed by atoms with Gasteiger partial charge in [0.1, 0.15) is 0 Å². The van der Waals surface area contributed by atoms with Crippen LogP contribution in [0.2, 0.25) is 5.02 Å². The summed E-state index contributed by atoms with van der Waals surface area (Å²) in [6.07, 6.45) is 0.448. The fraction of sp³-hybridized carbons (Fsp3) is 0.400. The quantitative estimate of drug-likeness (QED) is 0.761. The summed E-state index contributed by atoms with van der Waals surface area (Å²) in [6.45, 7) is 3.62. The first-order chi connectivity index (χ1) is 6.29. The van der Waals surface area contributed by atoms with Gasteiger partial charge >= 0.3 is 0 Å². The molecule has 0 saturated heterocycles. The first-order valence-electron chi connectivity index (χ1n) is 4.22. The topological polar surface area (TPSA) is 26.0 Å². The summed E-state index contributed by atoms with van der Waals surface area (Å²) in [4.78, 5) is 0. The van der Waals surface area contributed by atoms with Crippen LogP contribution in [0.25, 0.3) is 0 Å². The van der Waals surface area contributed by atoms with Crippen molar-refractivity contribution >= 4 is 11.6 Å². The van der Waals surface area contributed by atoms with Crippen LogP contribution in [0.5, 0.6) is 0 Å². The van der Waals surface area contributed by atoms with Crippen LogP contribution in [0.3, 0.4) is 0 Å². The molecule has 0 atom stereocenters. The predicted octanol–water partition coefficient (Wildman–Crippen LogP) is 2.90. The Kier molecular flexibility index (Phi) is 3.12. The maximum Gasteiger partial charge on any atom is 0.177 e. The molecule has 0 amide bonds. The van der Waals surface area contributed by atoms with Gasteiger partial charge in [-0.05, 0) is 38.0 Å². The largest absolute Gasteiger partial charge is 0.325 e. The molecule has 1 aromatic rings. The zero-order valence-corrected chi connectivity index (χ0v) is 8.83. The van der Waals surface area contributed by atoms with E-state index >= 15 is 0 Å². The van der Waals surface area contributed by atoms with Crippen molar-refractivity contribution in [1.29, 1.82) is 0 Å². The van der Waals surface area contributed by atoms with Crippen molar-refractivity contribution in [3.05, 3.63) is 34.4 Å². The van der Waals surface area contributed by atoms with Crippen molar-refractivity contribution in [1.82, 2.24) is 0 Å². The highest BCUT2D eigenvalue weighted by Gasteiger charge is 2.15. The van der Waals surface area contributed by atoms with E-state index in [1.54, 1.807) is 0 Å². The van der Waals surface area contributed by atoms with Gasteiger partial charge in [-0.1, -0.05) is 11.6 Å². The Balaban J connectivity index is 3.02. The van der Waals surface area contributed by atoms with E-state index in [9.17, 15) is 8.78 Å². The molecule has 1 aromatic carbocycles. The van der Waals surface area contributed by atoms with Crippen molar-refractivity contribution in [2.75, 3.05) is 0 Å². The average Bonchev–Trinajstić information content (AvgIpc) is 1.96. The molecular weight excluding hydrogens is 208 g/mol. The highest BCUT2D eigenvalue weighted by Crippen LogP contribution is 2.21. The Morgan fingerprint density at radius 1 is 1.36 bits per heavy atom. The molecule has 0 aromatic heterocycles. The molecule has 4 heteroatoms. The summed E-state index contributed by atoms with van der Waals surface area (Å²) in [7, 11) is 0. The van der Waals surface area contributed by atoms with Crippen LogP contribution in [0, 0.1) is 11.6 Å². The minimum atomic E-state index is -1.01. The first kappa shape index (κ1) is 11.4. The second-order valence-corrected chi connectivity index (χ2v) is 4.45. The summed E-state index contributed by atoms with van der Waals surface area (Å²) in [6, 6.07) is 2.52. The van der Waals surface area contributed by atoms with Crippen LogP contribution in [0.15, 0.2) is 12.1 Å². The van der Waals surface area contributed by atoms with Gasteiger partial charge < -0.3 is 5.73 Å². The number of hydrogen-bond donors (Lipinski definition) is 1. The van der Waals surface area contributed by atoms with Crippen LogP contribution >= 0.6 is 11.6 Å². The Morgan fingerprint density at radius 3 is 2.36 bits per heavy atom. The van der Waals surface area contributed by atoms with E-state index in [4.69, 9.17) is 17.3 Å². The summed E-state index contributed by atoms with van der Waals surface area (Å²) in [5, 5.41) is -0.204. The lowest BCUT2D eigenvalue weighted by Crippen LogP contribution is -2.34. The van der Waals surface area contributed by atoms with E-state index in [0.29, 0.717) is 12.0 Å². The monoisotopic (exact) mass is 219 g/mol. The Morgan fingerprint density at radius 2 is 1.93 bits per heavy atom. The van der Waals surface area contributed by atoms with Gasteiger partial charge in [0.2, 0.25) is 0 Å². The standard InChI is InChI=1S/C10H12ClF2N/c1-10(2,14)5-6-3-7(11)9(13)8(12)4-6/h3-4H,5,14H2,1-2H3. The van der Waals surface area contributed by atoms with Gasteiger partial charge in [0.05, 0.1) is 5.02 Å². The predicted molar refractivity (Wildman–Crippen MR) is 53.3 cm³/mol. The van der Waals surface area contributed by atoms with Crippen molar-refractivity contribution in [3.63, 3.8) is 0 Å². The lowest BCUT2D eigenvalue weighted by molar-refractivity contribution is 0.494. The highest BCUT2D eigenvalue weighted by atomic mass is 35.5. The Hall–Kier alpha value is -0.670. The van der Waals surface area contributed by atoms with Crippen LogP contribution in [-0.2, 0) is 6.42 Å². The van der Waals surface area contributed by atoms with Gasteiger partial charge in [-0.3, -0.25) is 0 Å². The summed E-state index contributed by atoms with van der Waals surface area (Å²) < 4.78 is 25.7. The van der Waals surface area contributed by atoms with E-state index in [1.165, 1.54) is 6.07 Å². The van der Waals surface area contributed by atoms with Crippen molar-refractivity contribution < 1.29 is 8.78 Å². The minimum Gasteiger partial charge on any atom is -0.325 e. The molecule has 0 spiro atoms. The van der Waals surface area contributed by atoms with Gasteiger partial charge in [0, 0.05) is 5.54 Å². The fourth-order valence-electron chi connectivity index (χ4n) is 1.24. The Labute approximate surface area is 86.9 Å². The number of hydrogen-bond acceptors (Lipinski definition) is 1. The molecular formula is C10H12ClF2N. The summed E-state index contributed by atoms with van der Waals surface area (Å²) >= 11 is 5.49. The molecule has 0 unspecified atom stereocenters. The van der Waals surface area contributed by atoms with Crippen LogP contribution < -0.4 is 5.73 Å². The van der Waals surface area contributed by atoms with Crippen LogP contribution in [-0.4, -0.2) is 5.54 Å². The van der Waals surface area contributed by atoms with Gasteiger partial charge in [-0.2, -0.15) is 0 Å². The van der Waals surface area contributed by atoms with Gasteiger partial charge in [-0.15, -0.1) is 0 Å². The van der Waals surface area contributed by atoms with Gasteiger partial charge in [0.25, 0.3) is 0 Å². The minimum absolute atomic E-state index is 0.204. The maximum atomic E-state index is 12.9. The smallest absolute Gasteiger partial charge is 0.177 e. The first-order valence-corrected chi connectivity index (χ1v) is 4.60. The third-order valence-electron chi connectivity index (χ3n) is 1.70. The number of rotatable bonds is 2. The normalized spacial score (nSPS) is 11.9. The average molecular weight is 220 g/mol. The molecule has 1 nitrogen and oxygen atoms in total. The van der Waals surface area contributed by atoms with Crippen molar-refractivity contribution in [2.24, 2.45) is 5.73 Å². The molecule has 0 heterocycles. The molecule has 2 N–H and O–H groups in total. The highest BCUT2D eigenvalue weighted by molar-refractivity contribution is 6.30. The lowest BCUT2D eigenvalue weighted by atomic mass is 9.96. The molecule has 0 fully saturated rings. The molecule has 0 aliphatic rings. The molecule has 0 radical (unpaired) electrons. The van der Waals surface area contributed by atoms with E-state index in [0.717, 1.165) is 6.07 Å². The van der Waals surface area contributed by atoms with Crippen molar-refractivity contribution in [2.45, 2.75) is 25.8 Å². The van der Waals surface area contributed by atoms with E-state index in [2.05, 4.69) is 0 Å². The number of benzene rings is 1. The number of nitrogens with two attached hydrogens (primary N) is 1. The van der Waals surface area contributed by atoms with Crippen LogP contribution in [0.4, 0.5) is 8.78 Å². The van der Waals surface area contributed by atoms with Crippen molar-refractivity contribution in [3.8, 4) is 0 Å². The molecule has 0 aliphatic carbocycles. The molecule has 1 rings (SSSR count). The lowest BCUT2D eigenvalue weighted by Gasteiger charge is -2.18. The SMILES string of the molecule is CC(C)(N)Cc1cc(F)c(F)c(Cl)c1. The molecule has 78 valence electrons. The summed E-state index contributed by atoms with van der Waals surface area (Å²) in [5.74, 6) is -1.94. The molecule has 0 bridgehead atoms. The van der Waals surface area contributed by atoms with E-state index in [-0.39, 0.29) is 5.02 Å². The zero-order valence-electron chi connectivity index (χ0n) is 8.07. The Bertz CT molecular complexity index is 321. The second kappa shape index (κ2) is 3.83. The van der Waals surface area contributed by atoms with E-state index < -0.39 is 17.2 Å². The summed E-state index contributed by atoms with van der Waals surface area (Å²) in [5.41, 5.74) is 5.88. The molecule has 0 saturated carbocycles. The molecule has 14 heavy (non-hydrogen) atoms. The third kappa shape index (κ3) is 2.93. The van der Waals surface area contributed by atoms with E-state index in [1.807, 2.05) is 13.8 Å². The van der Waals surface area contributed by atoms with Crippen LogP contribution in [0.1, 0.15) is 19.4 Å². The van der Waals surface area contributed by atoms with Gasteiger partial charge in [0.15, 0.2) is 11.6 Å². The third-order valence-corrected chi connectivity index (χ3v) is 1.98. The zero-order chi connectivity index (χ0) is 10.9. The maximum absolute atomic E-state index is 12.9. The van der Waals surface area contributed by atoms with Gasteiger partial charge in [-0.25, -0.2) is 8.78 Å². The number of halogens is 3. The second-order valence-electron chi connectivity index (χ2n) is 4.04. The fourth-order valence-corrected chi connectivity index (χ4v) is 1.47. The molecule has 0 aliphatic heterocycles.